The van der Waals surface area contributed by atoms with Gasteiger partial charge in [-0.3, -0.25) is 0 Å². The van der Waals surface area contributed by atoms with Gasteiger partial charge < -0.3 is 11.1 Å². The molecule has 0 bridgehead atoms. The fourth-order valence-electron chi connectivity index (χ4n) is 0.629. The van der Waals surface area contributed by atoms with Crippen LogP contribution in [-0.2, 0) is 0 Å². The Hall–Kier alpha value is -1.23. The maximum atomic E-state index is 5.35. The summed E-state index contributed by atoms with van der Waals surface area (Å²) in [6.45, 7) is 0. The Bertz CT molecular complexity index is 273. The van der Waals surface area contributed by atoms with Crippen LogP contribution in [0.25, 0.3) is 0 Å². The molecule has 58 valence electrons. The normalized spacial score (nSPS) is 9.18. The van der Waals surface area contributed by atoms with Crippen molar-refractivity contribution in [3.8, 4) is 0 Å². The monoisotopic (exact) mass is 168 g/mol. The van der Waals surface area contributed by atoms with Gasteiger partial charge in [-0.05, 0) is 0 Å². The van der Waals surface area contributed by atoms with E-state index in [1.807, 2.05) is 0 Å². The van der Waals surface area contributed by atoms with E-state index in [0.717, 1.165) is 0 Å². The van der Waals surface area contributed by atoms with Crippen LogP contribution in [0.2, 0.25) is 0 Å². The van der Waals surface area contributed by atoms with Crippen molar-refractivity contribution in [1.29, 1.82) is 0 Å². The SMILES string of the molecule is CNc1cc(C(N)=S)ncn1. The zero-order valence-corrected chi connectivity index (χ0v) is 6.85. The van der Waals surface area contributed by atoms with Gasteiger partial charge in [0.2, 0.25) is 0 Å². The Morgan fingerprint density at radius 3 is 2.91 bits per heavy atom. The predicted molar refractivity (Wildman–Crippen MR) is 47.5 cm³/mol. The molecule has 4 nitrogen and oxygen atoms in total. The lowest BCUT2D eigenvalue weighted by molar-refractivity contribution is 1.14. The summed E-state index contributed by atoms with van der Waals surface area (Å²) < 4.78 is 0. The van der Waals surface area contributed by atoms with E-state index >= 15 is 0 Å². The van der Waals surface area contributed by atoms with Gasteiger partial charge in [-0.15, -0.1) is 0 Å². The lowest BCUT2D eigenvalue weighted by Crippen LogP contribution is -2.12. The number of thiocarbonyl (C=S) groups is 1. The molecule has 0 fully saturated rings. The molecule has 11 heavy (non-hydrogen) atoms. The van der Waals surface area contributed by atoms with Crippen molar-refractivity contribution in [3.05, 3.63) is 18.1 Å². The quantitative estimate of drug-likeness (QED) is 0.615. The van der Waals surface area contributed by atoms with E-state index in [0.29, 0.717) is 11.5 Å². The van der Waals surface area contributed by atoms with Crippen molar-refractivity contribution >= 4 is 23.0 Å². The van der Waals surface area contributed by atoms with Crippen LogP contribution in [0.15, 0.2) is 12.4 Å². The van der Waals surface area contributed by atoms with Gasteiger partial charge in [-0.25, -0.2) is 9.97 Å². The first-order valence-corrected chi connectivity index (χ1v) is 3.44. The van der Waals surface area contributed by atoms with Gasteiger partial charge in [-0.1, -0.05) is 12.2 Å². The Morgan fingerprint density at radius 2 is 2.36 bits per heavy atom. The molecular weight excluding hydrogens is 160 g/mol. The van der Waals surface area contributed by atoms with Gasteiger partial charge in [0.1, 0.15) is 22.8 Å². The van der Waals surface area contributed by atoms with Gasteiger partial charge in [0.15, 0.2) is 0 Å². The van der Waals surface area contributed by atoms with Crippen LogP contribution in [0.4, 0.5) is 5.82 Å². The summed E-state index contributed by atoms with van der Waals surface area (Å²) in [5.74, 6) is 0.711. The van der Waals surface area contributed by atoms with Crippen molar-refractivity contribution in [2.45, 2.75) is 0 Å². The second-order valence-electron chi connectivity index (χ2n) is 1.90. The van der Waals surface area contributed by atoms with E-state index in [-0.39, 0.29) is 4.99 Å². The number of nitrogens with two attached hydrogens (primary N) is 1. The summed E-state index contributed by atoms with van der Waals surface area (Å²) in [6, 6.07) is 1.70. The first-order valence-electron chi connectivity index (χ1n) is 3.03. The maximum absolute atomic E-state index is 5.35. The molecule has 1 aromatic heterocycles. The van der Waals surface area contributed by atoms with Crippen molar-refractivity contribution in [3.63, 3.8) is 0 Å². The largest absolute Gasteiger partial charge is 0.388 e. The van der Waals surface area contributed by atoms with Crippen LogP contribution < -0.4 is 11.1 Å². The van der Waals surface area contributed by atoms with Gasteiger partial charge in [0, 0.05) is 13.1 Å². The smallest absolute Gasteiger partial charge is 0.129 e. The minimum atomic E-state index is 0.281. The first kappa shape index (κ1) is 7.87. The highest BCUT2D eigenvalue weighted by atomic mass is 32.1. The number of hydrogen-bond acceptors (Lipinski definition) is 4. The van der Waals surface area contributed by atoms with E-state index in [1.165, 1.54) is 6.33 Å². The van der Waals surface area contributed by atoms with Gasteiger partial charge >= 0.3 is 0 Å². The van der Waals surface area contributed by atoms with Gasteiger partial charge in [-0.2, -0.15) is 0 Å². The summed E-state index contributed by atoms with van der Waals surface area (Å²) in [4.78, 5) is 8.05. The van der Waals surface area contributed by atoms with E-state index in [2.05, 4.69) is 15.3 Å². The Labute approximate surface area is 69.8 Å². The molecule has 0 aliphatic heterocycles. The third-order valence-corrected chi connectivity index (χ3v) is 1.38. The highest BCUT2D eigenvalue weighted by Gasteiger charge is 1.97. The Balaban J connectivity index is 3.01. The summed E-state index contributed by atoms with van der Waals surface area (Å²) in [5.41, 5.74) is 5.93. The minimum Gasteiger partial charge on any atom is -0.388 e. The van der Waals surface area contributed by atoms with Crippen LogP contribution in [0.3, 0.4) is 0 Å². The predicted octanol–water partition coefficient (Wildman–Crippen LogP) is 0.152. The lowest BCUT2D eigenvalue weighted by atomic mass is 10.4. The fraction of sp³-hybridized carbons (Fsp3) is 0.167. The van der Waals surface area contributed by atoms with Crippen LogP contribution in [0, 0.1) is 0 Å². The molecule has 0 amide bonds. The molecule has 0 unspecified atom stereocenters. The summed E-state index contributed by atoms with van der Waals surface area (Å²) in [5, 5.41) is 2.86. The van der Waals surface area contributed by atoms with Crippen molar-refractivity contribution < 1.29 is 0 Å². The number of nitrogens with one attached hydrogen (secondary N) is 1. The third-order valence-electron chi connectivity index (χ3n) is 1.18. The molecule has 0 spiro atoms. The molecule has 1 aromatic rings. The molecule has 0 radical (unpaired) electrons. The number of nitrogens with zero attached hydrogens (tertiary/aromatic N) is 2. The van der Waals surface area contributed by atoms with Crippen LogP contribution >= 0.6 is 12.2 Å². The minimum absolute atomic E-state index is 0.281. The average Bonchev–Trinajstić information content (AvgIpc) is 2.05. The summed E-state index contributed by atoms with van der Waals surface area (Å²) in [6.07, 6.45) is 1.42. The molecule has 1 heterocycles. The maximum Gasteiger partial charge on any atom is 0.129 e. The molecule has 5 heteroatoms. The summed E-state index contributed by atoms with van der Waals surface area (Å²) in [7, 11) is 1.77. The van der Waals surface area contributed by atoms with Gasteiger partial charge in [0.25, 0.3) is 0 Å². The van der Waals surface area contributed by atoms with E-state index in [1.54, 1.807) is 13.1 Å². The highest BCUT2D eigenvalue weighted by Crippen LogP contribution is 2.01. The second kappa shape index (κ2) is 3.25. The number of anilines is 1. The zero-order valence-electron chi connectivity index (χ0n) is 6.03. The molecule has 0 saturated heterocycles. The zero-order chi connectivity index (χ0) is 8.27. The second-order valence-corrected chi connectivity index (χ2v) is 2.34. The van der Waals surface area contributed by atoms with E-state index < -0.39 is 0 Å². The van der Waals surface area contributed by atoms with E-state index in [4.69, 9.17) is 18.0 Å². The van der Waals surface area contributed by atoms with Crippen molar-refractivity contribution in [2.24, 2.45) is 5.73 Å². The van der Waals surface area contributed by atoms with Crippen LogP contribution in [0.1, 0.15) is 5.69 Å². The molecule has 1 rings (SSSR count). The highest BCUT2D eigenvalue weighted by molar-refractivity contribution is 7.80. The van der Waals surface area contributed by atoms with Crippen molar-refractivity contribution in [2.75, 3.05) is 12.4 Å². The first-order chi connectivity index (χ1) is 5.24. The number of hydrogen-bond donors (Lipinski definition) is 2. The van der Waals surface area contributed by atoms with Crippen molar-refractivity contribution in [1.82, 2.24) is 9.97 Å². The number of aromatic nitrogens is 2. The molecule has 0 saturated carbocycles. The third kappa shape index (κ3) is 1.84. The molecule has 0 aliphatic carbocycles. The Morgan fingerprint density at radius 1 is 1.64 bits per heavy atom. The fourth-order valence-corrected chi connectivity index (χ4v) is 0.740. The topological polar surface area (TPSA) is 63.8 Å². The number of rotatable bonds is 2. The molecule has 0 aromatic carbocycles. The lowest BCUT2D eigenvalue weighted by Gasteiger charge is -1.99. The average molecular weight is 168 g/mol. The van der Waals surface area contributed by atoms with E-state index in [9.17, 15) is 0 Å². The molecule has 3 N–H and O–H groups in total. The van der Waals surface area contributed by atoms with Crippen LogP contribution in [0.5, 0.6) is 0 Å². The standard InChI is InChI=1S/C6H8N4S/c1-8-5-2-4(6(7)11)9-3-10-5/h2-3H,1H3,(H2,7,11)(H,8,9,10). The molecule has 0 atom stereocenters. The van der Waals surface area contributed by atoms with Gasteiger partial charge in [0.05, 0.1) is 0 Å². The van der Waals surface area contributed by atoms with Crippen LogP contribution in [-0.4, -0.2) is 22.0 Å². The summed E-state index contributed by atoms with van der Waals surface area (Å²) >= 11 is 4.73. The molecule has 0 aliphatic rings. The molecular formula is C6H8N4S. The Kier molecular flexibility index (Phi) is 2.32.